The second-order valence-corrected chi connectivity index (χ2v) is 18.8. The highest BCUT2D eigenvalue weighted by Gasteiger charge is 2.56. The molecule has 0 bridgehead atoms. The van der Waals surface area contributed by atoms with Crippen molar-refractivity contribution in [3.63, 3.8) is 0 Å². The average molecular weight is 851 g/mol. The van der Waals surface area contributed by atoms with Crippen LogP contribution in [0.5, 0.6) is 0 Å². The van der Waals surface area contributed by atoms with Gasteiger partial charge in [0.25, 0.3) is 0 Å². The van der Waals surface area contributed by atoms with E-state index in [0.29, 0.717) is 0 Å². The van der Waals surface area contributed by atoms with Gasteiger partial charge in [0.05, 0.1) is 38.5 Å². The zero-order chi connectivity index (χ0) is 43.5. The van der Waals surface area contributed by atoms with Crippen molar-refractivity contribution in [3.8, 4) is 22.3 Å². The molecule has 0 radical (unpaired) electrons. The first kappa shape index (κ1) is 35.7. The van der Waals surface area contributed by atoms with E-state index in [1.165, 1.54) is 105 Å². The second kappa shape index (κ2) is 12.8. The standard InChI is InChI=1S/C63H38N4/c1-3-19-49-41(13-1)47-17-7-11-23-57(47)66-59-31-27-39(35-55(59)64-61(49)66)37-25-29-45-43-15-5-9-21-51(43)63(53(45)33-37)52-22-10-6-16-44(52)46-30-26-38(34-54(46)63)40-28-32-60-56(36-40)65-62-50-20-4-2-14-42(50)48-18-8-12-24-58(48)67(60)62/h1-33,35-36,54H,34H2. The van der Waals surface area contributed by atoms with Crippen LogP contribution in [0.2, 0.25) is 0 Å². The van der Waals surface area contributed by atoms with Crippen molar-refractivity contribution in [2.45, 2.75) is 11.8 Å². The fourth-order valence-corrected chi connectivity index (χ4v) is 13.0. The van der Waals surface area contributed by atoms with E-state index in [1.54, 1.807) is 0 Å². The zero-order valence-electron chi connectivity index (χ0n) is 36.3. The molecular weight excluding hydrogens is 813 g/mol. The van der Waals surface area contributed by atoms with Crippen LogP contribution in [0.15, 0.2) is 212 Å². The number of benzene rings is 9. The molecule has 4 heterocycles. The molecule has 2 atom stereocenters. The fourth-order valence-electron chi connectivity index (χ4n) is 13.0. The number of hydrogen-bond donors (Lipinski definition) is 0. The van der Waals surface area contributed by atoms with Crippen molar-refractivity contribution in [2.75, 3.05) is 0 Å². The molecule has 16 rings (SSSR count). The first-order chi connectivity index (χ1) is 33.2. The van der Waals surface area contributed by atoms with Crippen LogP contribution in [0.1, 0.15) is 34.2 Å². The molecule has 2 unspecified atom stereocenters. The molecule has 67 heavy (non-hydrogen) atoms. The van der Waals surface area contributed by atoms with E-state index in [2.05, 4.69) is 221 Å². The molecule has 4 heteroatoms. The van der Waals surface area contributed by atoms with Gasteiger partial charge in [-0.25, -0.2) is 9.97 Å². The van der Waals surface area contributed by atoms with Gasteiger partial charge in [-0.3, -0.25) is 8.80 Å². The summed E-state index contributed by atoms with van der Waals surface area (Å²) in [7, 11) is 0. The lowest BCUT2D eigenvalue weighted by Gasteiger charge is -2.37. The van der Waals surface area contributed by atoms with Crippen LogP contribution in [-0.4, -0.2) is 18.8 Å². The van der Waals surface area contributed by atoms with Crippen LogP contribution in [0.4, 0.5) is 0 Å². The minimum absolute atomic E-state index is 0.190. The lowest BCUT2D eigenvalue weighted by Crippen LogP contribution is -2.33. The maximum Gasteiger partial charge on any atom is 0.146 e. The van der Waals surface area contributed by atoms with Crippen molar-refractivity contribution >= 4 is 87.9 Å². The Labute approximate surface area is 385 Å². The Balaban J connectivity index is 0.865. The summed E-state index contributed by atoms with van der Waals surface area (Å²) in [6.07, 6.45) is 5.72. The van der Waals surface area contributed by atoms with Gasteiger partial charge in [-0.1, -0.05) is 170 Å². The van der Waals surface area contributed by atoms with E-state index in [0.717, 1.165) is 39.8 Å². The van der Waals surface area contributed by atoms with Crippen LogP contribution in [0.3, 0.4) is 0 Å². The third-order valence-electron chi connectivity index (χ3n) is 15.8. The number of pyridine rings is 2. The molecule has 0 saturated carbocycles. The van der Waals surface area contributed by atoms with E-state index in [-0.39, 0.29) is 11.3 Å². The van der Waals surface area contributed by atoms with Gasteiger partial charge in [0, 0.05) is 27.5 Å². The number of aromatic nitrogens is 4. The number of imidazole rings is 2. The Morgan fingerprint density at radius 3 is 1.51 bits per heavy atom. The summed E-state index contributed by atoms with van der Waals surface area (Å²) in [4.78, 5) is 10.8. The summed E-state index contributed by atoms with van der Waals surface area (Å²) in [6.45, 7) is 0. The zero-order valence-corrected chi connectivity index (χ0v) is 36.3. The highest BCUT2D eigenvalue weighted by Crippen LogP contribution is 2.66. The minimum Gasteiger partial charge on any atom is -0.292 e. The SMILES string of the molecule is C1=C(c2ccc3c(c2)nc2c4ccccc4c4ccccc4n32)CC2C(=C1)c1ccccc1C21c2ccccc2-c2ccc(-c3ccc4c(c3)nc3c5ccccc5c5ccccc5n43)cc21. The quantitative estimate of drug-likeness (QED) is 0.162. The van der Waals surface area contributed by atoms with Crippen molar-refractivity contribution in [1.82, 2.24) is 18.8 Å². The van der Waals surface area contributed by atoms with Gasteiger partial charge in [-0.15, -0.1) is 0 Å². The summed E-state index contributed by atoms with van der Waals surface area (Å²) < 4.78 is 4.70. The predicted molar refractivity (Wildman–Crippen MR) is 277 cm³/mol. The summed E-state index contributed by atoms with van der Waals surface area (Å²) >= 11 is 0. The molecule has 9 aromatic carbocycles. The van der Waals surface area contributed by atoms with Gasteiger partial charge in [0.2, 0.25) is 0 Å². The number of allylic oxidation sites excluding steroid dienone is 4. The summed E-state index contributed by atoms with van der Waals surface area (Å²) in [5, 5.41) is 7.29. The lowest BCUT2D eigenvalue weighted by atomic mass is 9.64. The van der Waals surface area contributed by atoms with Gasteiger partial charge >= 0.3 is 0 Å². The molecule has 3 aliphatic carbocycles. The van der Waals surface area contributed by atoms with Gasteiger partial charge in [-0.05, 0) is 121 Å². The first-order valence-electron chi connectivity index (χ1n) is 23.4. The third-order valence-corrected chi connectivity index (χ3v) is 15.8. The van der Waals surface area contributed by atoms with E-state index < -0.39 is 0 Å². The van der Waals surface area contributed by atoms with Crippen LogP contribution < -0.4 is 0 Å². The van der Waals surface area contributed by atoms with E-state index in [9.17, 15) is 0 Å². The molecule has 0 fully saturated rings. The highest BCUT2D eigenvalue weighted by molar-refractivity contribution is 6.15. The summed E-state index contributed by atoms with van der Waals surface area (Å²) in [5.74, 6) is 0.190. The van der Waals surface area contributed by atoms with E-state index >= 15 is 0 Å². The summed E-state index contributed by atoms with van der Waals surface area (Å²) in [5.41, 5.74) is 22.8. The molecule has 0 saturated heterocycles. The predicted octanol–water partition coefficient (Wildman–Crippen LogP) is 15.4. The number of rotatable bonds is 2. The van der Waals surface area contributed by atoms with Crippen molar-refractivity contribution in [1.29, 1.82) is 0 Å². The van der Waals surface area contributed by atoms with Crippen LogP contribution in [0, 0.1) is 5.92 Å². The molecule has 4 aromatic heterocycles. The smallest absolute Gasteiger partial charge is 0.146 e. The topological polar surface area (TPSA) is 34.6 Å². The molecule has 0 aliphatic heterocycles. The molecule has 310 valence electrons. The van der Waals surface area contributed by atoms with Crippen LogP contribution >= 0.6 is 0 Å². The Morgan fingerprint density at radius 2 is 0.851 bits per heavy atom. The normalized spacial score (nSPS) is 17.3. The molecule has 1 spiro atoms. The largest absolute Gasteiger partial charge is 0.292 e. The minimum atomic E-state index is -0.375. The Kier molecular flexibility index (Phi) is 6.83. The Morgan fingerprint density at radius 1 is 0.373 bits per heavy atom. The summed E-state index contributed by atoms with van der Waals surface area (Å²) in [6, 6.07) is 74.3. The van der Waals surface area contributed by atoms with Gasteiger partial charge in [0.1, 0.15) is 11.3 Å². The number of fused-ring (bicyclic) bond motifs is 26. The molecule has 0 amide bonds. The van der Waals surface area contributed by atoms with E-state index in [1.807, 2.05) is 0 Å². The number of nitrogens with zero attached hydrogens (tertiary/aromatic N) is 4. The maximum atomic E-state index is 5.39. The van der Waals surface area contributed by atoms with Crippen LogP contribution in [0.25, 0.3) is 110 Å². The van der Waals surface area contributed by atoms with E-state index in [4.69, 9.17) is 9.97 Å². The first-order valence-corrected chi connectivity index (χ1v) is 23.4. The van der Waals surface area contributed by atoms with Crippen molar-refractivity contribution < 1.29 is 0 Å². The highest BCUT2D eigenvalue weighted by atomic mass is 15.0. The van der Waals surface area contributed by atoms with Gasteiger partial charge in [0.15, 0.2) is 0 Å². The second-order valence-electron chi connectivity index (χ2n) is 18.8. The average Bonchev–Trinajstić information content (AvgIpc) is 4.14. The maximum absolute atomic E-state index is 5.39. The van der Waals surface area contributed by atoms with Crippen molar-refractivity contribution in [2.24, 2.45) is 5.92 Å². The molecule has 13 aromatic rings. The molecule has 0 N–H and O–H groups in total. The Hall–Kier alpha value is -8.60. The Bertz CT molecular complexity index is 4450. The third kappa shape index (κ3) is 4.52. The molecule has 4 nitrogen and oxygen atoms in total. The van der Waals surface area contributed by atoms with Crippen LogP contribution in [-0.2, 0) is 5.41 Å². The fraction of sp³-hybridized carbons (Fsp3) is 0.0476. The van der Waals surface area contributed by atoms with Crippen molar-refractivity contribution in [3.05, 3.63) is 240 Å². The molecular formula is C63H38N4. The van der Waals surface area contributed by atoms with Gasteiger partial charge < -0.3 is 0 Å². The number of para-hydroxylation sites is 2. The van der Waals surface area contributed by atoms with Gasteiger partial charge in [-0.2, -0.15) is 0 Å². The molecule has 3 aliphatic rings. The monoisotopic (exact) mass is 850 g/mol. The lowest BCUT2D eigenvalue weighted by molar-refractivity contribution is 0.500. The number of hydrogen-bond acceptors (Lipinski definition) is 2.